The van der Waals surface area contributed by atoms with E-state index in [0.717, 1.165) is 0 Å². The van der Waals surface area contributed by atoms with Gasteiger partial charge in [-0.1, -0.05) is 0 Å². The van der Waals surface area contributed by atoms with E-state index in [1.54, 1.807) is 18.2 Å². The zero-order chi connectivity index (χ0) is 21.4. The third-order valence-electron chi connectivity index (χ3n) is 4.78. The largest absolute Gasteiger partial charge is 0.508 e. The normalized spacial score (nSPS) is 10.9. The second kappa shape index (κ2) is 7.28. The Bertz CT molecular complexity index is 1360. The first kappa shape index (κ1) is 19.1. The maximum atomic E-state index is 13.2. The summed E-state index contributed by atoms with van der Waals surface area (Å²) in [5, 5.41) is 24.8. The summed E-state index contributed by atoms with van der Waals surface area (Å²) in [6.45, 7) is 0. The molecule has 0 bridgehead atoms. The van der Waals surface area contributed by atoms with Crippen LogP contribution in [0.4, 0.5) is 17.1 Å². The number of methoxy groups -OCH3 is 2. The molecule has 1 aromatic heterocycles. The quantitative estimate of drug-likeness (QED) is 0.259. The maximum absolute atomic E-state index is 13.2. The number of non-ortho nitro benzene ring substituents is 1. The van der Waals surface area contributed by atoms with Crippen LogP contribution in [-0.2, 0) is 0 Å². The molecule has 0 saturated heterocycles. The zero-order valence-corrected chi connectivity index (χ0v) is 16.1. The van der Waals surface area contributed by atoms with Crippen LogP contribution in [0.15, 0.2) is 53.3 Å². The van der Waals surface area contributed by atoms with Gasteiger partial charge in [0.1, 0.15) is 11.3 Å². The van der Waals surface area contributed by atoms with Crippen LogP contribution in [0, 0.1) is 10.1 Å². The molecule has 0 amide bonds. The summed E-state index contributed by atoms with van der Waals surface area (Å²) in [5.41, 5.74) is 0.772. The highest BCUT2D eigenvalue weighted by Gasteiger charge is 2.20. The standard InChI is InChI=1S/C21H17N3O6/c1-29-17-8-3-11(9-18(17)30-2)22-15-6-7-16(24(27)28)20-19(15)21(26)13-10-12(25)4-5-14(13)23-20/h3-10,22,25H,1-2H3,(H,23,26). The van der Waals surface area contributed by atoms with Crippen molar-refractivity contribution < 1.29 is 19.5 Å². The molecule has 152 valence electrons. The molecule has 4 rings (SSSR count). The Kier molecular flexibility index (Phi) is 4.63. The molecule has 0 saturated carbocycles. The van der Waals surface area contributed by atoms with E-state index >= 15 is 0 Å². The highest BCUT2D eigenvalue weighted by molar-refractivity contribution is 6.04. The van der Waals surface area contributed by atoms with Crippen LogP contribution >= 0.6 is 0 Å². The van der Waals surface area contributed by atoms with Crippen LogP contribution < -0.4 is 20.2 Å². The minimum Gasteiger partial charge on any atom is -0.508 e. The number of nitro groups is 1. The molecule has 0 aliphatic carbocycles. The lowest BCUT2D eigenvalue weighted by Crippen LogP contribution is -2.08. The van der Waals surface area contributed by atoms with Gasteiger partial charge in [0.05, 0.1) is 35.7 Å². The summed E-state index contributed by atoms with van der Waals surface area (Å²) in [7, 11) is 3.03. The SMILES string of the molecule is COc1ccc(Nc2ccc([N+](=O)[O-])c3[nH]c4ccc(O)cc4c(=O)c23)cc1OC. The summed E-state index contributed by atoms with van der Waals surface area (Å²) in [6, 6.07) is 12.2. The summed E-state index contributed by atoms with van der Waals surface area (Å²) >= 11 is 0. The zero-order valence-electron chi connectivity index (χ0n) is 16.1. The first-order chi connectivity index (χ1) is 14.4. The van der Waals surface area contributed by atoms with E-state index in [4.69, 9.17) is 9.47 Å². The van der Waals surface area contributed by atoms with E-state index in [1.165, 1.54) is 44.6 Å². The number of phenolic OH excluding ortho intramolecular Hbond substituents is 1. The smallest absolute Gasteiger partial charge is 0.293 e. The van der Waals surface area contributed by atoms with Gasteiger partial charge in [0.15, 0.2) is 16.9 Å². The molecule has 0 aliphatic heterocycles. The van der Waals surface area contributed by atoms with Gasteiger partial charge in [-0.15, -0.1) is 0 Å². The molecule has 30 heavy (non-hydrogen) atoms. The van der Waals surface area contributed by atoms with Crippen molar-refractivity contribution in [1.29, 1.82) is 0 Å². The molecule has 1 heterocycles. The fourth-order valence-electron chi connectivity index (χ4n) is 3.38. The van der Waals surface area contributed by atoms with E-state index in [2.05, 4.69) is 10.3 Å². The molecular formula is C21H17N3O6. The number of aromatic amines is 1. The van der Waals surface area contributed by atoms with Crippen LogP contribution in [-0.4, -0.2) is 29.2 Å². The summed E-state index contributed by atoms with van der Waals surface area (Å²) in [5.74, 6) is 0.945. The topological polar surface area (TPSA) is 127 Å². The van der Waals surface area contributed by atoms with Crippen LogP contribution in [0.25, 0.3) is 21.8 Å². The lowest BCUT2D eigenvalue weighted by Gasteiger charge is -2.13. The van der Waals surface area contributed by atoms with Gasteiger partial charge in [-0.05, 0) is 36.4 Å². The molecule has 0 atom stereocenters. The predicted molar refractivity (Wildman–Crippen MR) is 113 cm³/mol. The molecule has 0 unspecified atom stereocenters. The fourth-order valence-corrected chi connectivity index (χ4v) is 3.38. The van der Waals surface area contributed by atoms with Crippen LogP contribution in [0.3, 0.4) is 0 Å². The van der Waals surface area contributed by atoms with Gasteiger partial charge < -0.3 is 24.9 Å². The number of nitro benzene ring substituents is 1. The first-order valence-corrected chi connectivity index (χ1v) is 8.88. The number of pyridine rings is 1. The molecule has 9 nitrogen and oxygen atoms in total. The van der Waals surface area contributed by atoms with Gasteiger partial charge in [-0.3, -0.25) is 14.9 Å². The van der Waals surface area contributed by atoms with Gasteiger partial charge >= 0.3 is 0 Å². The second-order valence-electron chi connectivity index (χ2n) is 6.52. The molecular weight excluding hydrogens is 390 g/mol. The first-order valence-electron chi connectivity index (χ1n) is 8.88. The Morgan fingerprint density at radius 1 is 1.03 bits per heavy atom. The molecule has 0 radical (unpaired) electrons. The number of aromatic hydroxyl groups is 1. The molecule has 0 aliphatic rings. The summed E-state index contributed by atoms with van der Waals surface area (Å²) < 4.78 is 10.5. The summed E-state index contributed by atoms with van der Waals surface area (Å²) in [4.78, 5) is 27.1. The van der Waals surface area contributed by atoms with Gasteiger partial charge in [0.25, 0.3) is 5.69 Å². The lowest BCUT2D eigenvalue weighted by atomic mass is 10.1. The number of rotatable bonds is 5. The molecule has 0 fully saturated rings. The van der Waals surface area contributed by atoms with Crippen molar-refractivity contribution in [2.45, 2.75) is 0 Å². The van der Waals surface area contributed by atoms with Gasteiger partial charge in [-0.25, -0.2) is 0 Å². The lowest BCUT2D eigenvalue weighted by molar-refractivity contribution is -0.383. The number of hydrogen-bond acceptors (Lipinski definition) is 7. The average molecular weight is 407 g/mol. The Morgan fingerprint density at radius 3 is 2.50 bits per heavy atom. The van der Waals surface area contributed by atoms with Crippen molar-refractivity contribution in [2.75, 3.05) is 19.5 Å². The van der Waals surface area contributed by atoms with E-state index in [9.17, 15) is 20.0 Å². The Balaban J connectivity index is 1.97. The monoisotopic (exact) mass is 407 g/mol. The van der Waals surface area contributed by atoms with E-state index in [1.807, 2.05) is 0 Å². The minimum atomic E-state index is -0.551. The Labute approximate surface area is 169 Å². The maximum Gasteiger partial charge on any atom is 0.293 e. The Hall–Kier alpha value is -4.27. The van der Waals surface area contributed by atoms with Crippen LogP contribution in [0.5, 0.6) is 17.2 Å². The van der Waals surface area contributed by atoms with Crippen molar-refractivity contribution in [1.82, 2.24) is 4.98 Å². The number of fused-ring (bicyclic) bond motifs is 2. The highest BCUT2D eigenvalue weighted by Crippen LogP contribution is 2.35. The highest BCUT2D eigenvalue weighted by atomic mass is 16.6. The number of nitrogens with one attached hydrogen (secondary N) is 2. The number of hydrogen-bond donors (Lipinski definition) is 3. The average Bonchev–Trinajstić information content (AvgIpc) is 2.74. The summed E-state index contributed by atoms with van der Waals surface area (Å²) in [6.07, 6.45) is 0. The predicted octanol–water partition coefficient (Wildman–Crippen LogP) is 4.06. The third kappa shape index (κ3) is 3.12. The number of aromatic nitrogens is 1. The van der Waals surface area contributed by atoms with Crippen molar-refractivity contribution >= 4 is 38.9 Å². The van der Waals surface area contributed by atoms with Crippen molar-refractivity contribution in [3.63, 3.8) is 0 Å². The van der Waals surface area contributed by atoms with Gasteiger partial charge in [-0.2, -0.15) is 0 Å². The number of ether oxygens (including phenoxy) is 2. The van der Waals surface area contributed by atoms with Crippen molar-refractivity contribution in [2.24, 2.45) is 0 Å². The molecule has 3 aromatic carbocycles. The fraction of sp³-hybridized carbons (Fsp3) is 0.0952. The van der Waals surface area contributed by atoms with E-state index in [-0.39, 0.29) is 27.7 Å². The van der Waals surface area contributed by atoms with Gasteiger partial charge in [0.2, 0.25) is 0 Å². The number of nitrogens with zero attached hydrogens (tertiary/aromatic N) is 1. The molecule has 9 heteroatoms. The third-order valence-corrected chi connectivity index (χ3v) is 4.78. The van der Waals surface area contributed by atoms with Crippen molar-refractivity contribution in [3.8, 4) is 17.2 Å². The molecule has 0 spiro atoms. The Morgan fingerprint density at radius 2 is 1.80 bits per heavy atom. The second-order valence-corrected chi connectivity index (χ2v) is 6.52. The molecule has 4 aromatic rings. The number of phenols is 1. The van der Waals surface area contributed by atoms with Gasteiger partial charge in [0, 0.05) is 23.2 Å². The van der Waals surface area contributed by atoms with Crippen molar-refractivity contribution in [3.05, 3.63) is 68.9 Å². The van der Waals surface area contributed by atoms with Crippen LogP contribution in [0.1, 0.15) is 0 Å². The number of anilines is 2. The van der Waals surface area contributed by atoms with E-state index in [0.29, 0.717) is 28.4 Å². The number of benzene rings is 3. The molecule has 3 N–H and O–H groups in total. The number of H-pyrrole nitrogens is 1. The minimum absolute atomic E-state index is 0.0767. The van der Waals surface area contributed by atoms with E-state index < -0.39 is 10.4 Å². The van der Waals surface area contributed by atoms with Crippen LogP contribution in [0.2, 0.25) is 0 Å².